The first kappa shape index (κ1) is 20.0. The van der Waals surface area contributed by atoms with Crippen LogP contribution in [-0.2, 0) is 4.79 Å². The zero-order chi connectivity index (χ0) is 21.3. The van der Waals surface area contributed by atoms with Gasteiger partial charge >= 0.3 is 0 Å². The van der Waals surface area contributed by atoms with Crippen molar-refractivity contribution in [3.05, 3.63) is 47.8 Å². The molecule has 156 valence electrons. The van der Waals surface area contributed by atoms with Crippen LogP contribution in [0.15, 0.2) is 36.4 Å². The molecule has 8 nitrogen and oxygen atoms in total. The lowest BCUT2D eigenvalue weighted by molar-refractivity contribution is -0.114. The van der Waals surface area contributed by atoms with Crippen LogP contribution in [0.25, 0.3) is 17.2 Å². The number of hydrogen-bond acceptors (Lipinski definition) is 6. The van der Waals surface area contributed by atoms with Crippen molar-refractivity contribution in [2.75, 3.05) is 25.5 Å². The summed E-state index contributed by atoms with van der Waals surface area (Å²) in [6.45, 7) is 7.29. The van der Waals surface area contributed by atoms with Gasteiger partial charge in [0.15, 0.2) is 0 Å². The summed E-state index contributed by atoms with van der Waals surface area (Å²) < 4.78 is 7.85. The molecule has 1 aliphatic rings. The fourth-order valence-corrected chi connectivity index (χ4v) is 3.66. The van der Waals surface area contributed by atoms with Gasteiger partial charge in [-0.3, -0.25) is 4.79 Å². The second kappa shape index (κ2) is 8.23. The van der Waals surface area contributed by atoms with Gasteiger partial charge in [0.1, 0.15) is 17.7 Å². The maximum Gasteiger partial charge on any atom is 0.253 e. The van der Waals surface area contributed by atoms with Crippen LogP contribution >= 0.6 is 0 Å². The second-order valence-corrected chi connectivity index (χ2v) is 7.78. The van der Waals surface area contributed by atoms with Crippen molar-refractivity contribution in [2.24, 2.45) is 0 Å². The lowest BCUT2D eigenvalue weighted by atomic mass is 10.1. The molecule has 8 heteroatoms. The maximum absolute atomic E-state index is 11.6. The average molecular weight is 406 g/mol. The molecular weight excluding hydrogens is 380 g/mol. The van der Waals surface area contributed by atoms with E-state index < -0.39 is 0 Å². The number of anilines is 1. The monoisotopic (exact) mass is 406 g/mol. The van der Waals surface area contributed by atoms with Crippen LogP contribution in [0.5, 0.6) is 5.75 Å². The molecule has 0 aliphatic carbocycles. The van der Waals surface area contributed by atoms with Gasteiger partial charge in [0.25, 0.3) is 5.95 Å². The topological polar surface area (TPSA) is 85.2 Å². The smallest absolute Gasteiger partial charge is 0.253 e. The van der Waals surface area contributed by atoms with Crippen LogP contribution in [0, 0.1) is 13.8 Å². The third kappa shape index (κ3) is 4.49. The fraction of sp³-hybridized carbons (Fsp3) is 0.364. The highest BCUT2D eigenvalue weighted by molar-refractivity contribution is 5.88. The van der Waals surface area contributed by atoms with E-state index in [2.05, 4.69) is 27.3 Å². The van der Waals surface area contributed by atoms with E-state index in [0.29, 0.717) is 17.5 Å². The van der Waals surface area contributed by atoms with Crippen molar-refractivity contribution in [1.29, 1.82) is 0 Å². The van der Waals surface area contributed by atoms with Gasteiger partial charge in [-0.25, -0.2) is 9.67 Å². The fourth-order valence-electron chi connectivity index (χ4n) is 3.66. The Morgan fingerprint density at radius 3 is 2.70 bits per heavy atom. The average Bonchev–Trinajstić information content (AvgIpc) is 3.25. The molecule has 1 amide bonds. The summed E-state index contributed by atoms with van der Waals surface area (Å²) in [5, 5.41) is 7.24. The van der Waals surface area contributed by atoms with Gasteiger partial charge in [-0.05, 0) is 45.5 Å². The van der Waals surface area contributed by atoms with Crippen molar-refractivity contribution in [3.63, 3.8) is 0 Å². The molecule has 2 aromatic heterocycles. The summed E-state index contributed by atoms with van der Waals surface area (Å²) in [4.78, 5) is 23.1. The lowest BCUT2D eigenvalue weighted by Crippen LogP contribution is -2.21. The number of nitrogens with one attached hydrogen (secondary N) is 1. The normalized spacial score (nSPS) is 16.6. The Bertz CT molecular complexity index is 1080. The highest BCUT2D eigenvalue weighted by Crippen LogP contribution is 2.27. The SMILES string of the molecule is CC(=O)Nc1cc(-c2cccc(O[C@@H]3CCN(C)C3)c2)nc(-n2nc(C)cc2C)n1. The van der Waals surface area contributed by atoms with Crippen LogP contribution in [0.3, 0.4) is 0 Å². The van der Waals surface area contributed by atoms with Gasteiger partial charge in [0.2, 0.25) is 5.91 Å². The number of carbonyl (C=O) groups excluding carboxylic acids is 1. The Morgan fingerprint density at radius 1 is 1.20 bits per heavy atom. The quantitative estimate of drug-likeness (QED) is 0.701. The number of aromatic nitrogens is 4. The highest BCUT2D eigenvalue weighted by Gasteiger charge is 2.21. The van der Waals surface area contributed by atoms with Crippen LogP contribution in [0.1, 0.15) is 24.7 Å². The van der Waals surface area contributed by atoms with Crippen LogP contribution in [0.2, 0.25) is 0 Å². The van der Waals surface area contributed by atoms with Gasteiger partial charge in [-0.1, -0.05) is 12.1 Å². The number of aryl methyl sites for hydroxylation is 2. The molecule has 3 aromatic rings. The molecular formula is C22H26N6O2. The van der Waals surface area contributed by atoms with Gasteiger partial charge < -0.3 is 15.0 Å². The molecule has 1 N–H and O–H groups in total. The van der Waals surface area contributed by atoms with Crippen LogP contribution in [0.4, 0.5) is 5.82 Å². The summed E-state index contributed by atoms with van der Waals surface area (Å²) in [5.41, 5.74) is 3.36. The van der Waals surface area contributed by atoms with E-state index in [0.717, 1.165) is 42.2 Å². The molecule has 0 saturated carbocycles. The minimum atomic E-state index is -0.193. The van der Waals surface area contributed by atoms with Crippen molar-refractivity contribution >= 4 is 11.7 Å². The molecule has 1 aromatic carbocycles. The number of carbonyl (C=O) groups is 1. The number of hydrogen-bond donors (Lipinski definition) is 1. The van der Waals surface area contributed by atoms with Crippen molar-refractivity contribution in [2.45, 2.75) is 33.3 Å². The van der Waals surface area contributed by atoms with Gasteiger partial charge in [-0.2, -0.15) is 10.1 Å². The van der Waals surface area contributed by atoms with Crippen LogP contribution in [-0.4, -0.2) is 56.8 Å². The van der Waals surface area contributed by atoms with Crippen molar-refractivity contribution < 1.29 is 9.53 Å². The molecule has 4 rings (SSSR count). The Morgan fingerprint density at radius 2 is 2.03 bits per heavy atom. The second-order valence-electron chi connectivity index (χ2n) is 7.78. The molecule has 30 heavy (non-hydrogen) atoms. The lowest BCUT2D eigenvalue weighted by Gasteiger charge is -2.15. The molecule has 1 aliphatic heterocycles. The largest absolute Gasteiger partial charge is 0.489 e. The van der Waals surface area contributed by atoms with E-state index in [9.17, 15) is 4.79 Å². The first-order valence-corrected chi connectivity index (χ1v) is 10.0. The van der Waals surface area contributed by atoms with Gasteiger partial charge in [-0.15, -0.1) is 0 Å². The summed E-state index contributed by atoms with van der Waals surface area (Å²) in [6, 6.07) is 11.6. The first-order valence-electron chi connectivity index (χ1n) is 10.0. The third-order valence-electron chi connectivity index (χ3n) is 5.00. The Balaban J connectivity index is 1.70. The number of amides is 1. The Hall–Kier alpha value is -3.26. The number of likely N-dealkylation sites (tertiary alicyclic amines) is 1. The Kier molecular flexibility index (Phi) is 5.50. The van der Waals surface area contributed by atoms with Gasteiger partial charge in [0, 0.05) is 37.3 Å². The summed E-state index contributed by atoms with van der Waals surface area (Å²) >= 11 is 0. The van der Waals surface area contributed by atoms with E-state index in [1.807, 2.05) is 44.2 Å². The molecule has 1 fully saturated rings. The number of likely N-dealkylation sites (N-methyl/N-ethyl adjacent to an activating group) is 1. The van der Waals surface area contributed by atoms with Crippen molar-refractivity contribution in [1.82, 2.24) is 24.6 Å². The predicted molar refractivity (Wildman–Crippen MR) is 115 cm³/mol. The van der Waals surface area contributed by atoms with Crippen LogP contribution < -0.4 is 10.1 Å². The number of ether oxygens (including phenoxy) is 1. The van der Waals surface area contributed by atoms with E-state index in [1.54, 1.807) is 10.7 Å². The zero-order valence-electron chi connectivity index (χ0n) is 17.7. The molecule has 0 radical (unpaired) electrons. The minimum Gasteiger partial charge on any atom is -0.489 e. The molecule has 1 atom stereocenters. The zero-order valence-corrected chi connectivity index (χ0v) is 17.7. The molecule has 1 saturated heterocycles. The third-order valence-corrected chi connectivity index (χ3v) is 5.00. The number of benzene rings is 1. The highest BCUT2D eigenvalue weighted by atomic mass is 16.5. The molecule has 0 spiro atoms. The standard InChI is InChI=1S/C22H26N6O2/c1-14-10-15(2)28(26-14)22-24-20(12-21(25-22)23-16(3)29)17-6-5-7-18(11-17)30-19-8-9-27(4)13-19/h5-7,10-12,19H,8-9,13H2,1-4H3,(H,23,24,25,29)/t19-/m1/s1. The van der Waals surface area contributed by atoms with E-state index in [4.69, 9.17) is 9.72 Å². The van der Waals surface area contributed by atoms with E-state index in [-0.39, 0.29) is 12.0 Å². The first-order chi connectivity index (χ1) is 14.4. The number of rotatable bonds is 5. The van der Waals surface area contributed by atoms with Crippen molar-refractivity contribution in [3.8, 4) is 23.0 Å². The summed E-state index contributed by atoms with van der Waals surface area (Å²) in [7, 11) is 2.10. The number of nitrogens with zero attached hydrogens (tertiary/aromatic N) is 5. The summed E-state index contributed by atoms with van der Waals surface area (Å²) in [6.07, 6.45) is 1.21. The van der Waals surface area contributed by atoms with Gasteiger partial charge in [0.05, 0.1) is 11.4 Å². The molecule has 3 heterocycles. The minimum absolute atomic E-state index is 0.191. The molecule has 0 unspecified atom stereocenters. The summed E-state index contributed by atoms with van der Waals surface area (Å²) in [5.74, 6) is 1.45. The van der Waals surface area contributed by atoms with E-state index in [1.165, 1.54) is 6.92 Å². The maximum atomic E-state index is 11.6. The molecule has 0 bridgehead atoms. The van der Waals surface area contributed by atoms with E-state index >= 15 is 0 Å². The predicted octanol–water partition coefficient (Wildman–Crippen LogP) is 2.99. The Labute approximate surface area is 175 Å².